The molecule has 2 aromatic heterocycles. The molecule has 1 unspecified atom stereocenters. The smallest absolute Gasteiger partial charge is 0.264 e. The van der Waals surface area contributed by atoms with Crippen LogP contribution in [0.15, 0.2) is 72.2 Å². The van der Waals surface area contributed by atoms with Crippen LogP contribution in [0.3, 0.4) is 0 Å². The molecule has 0 spiro atoms. The van der Waals surface area contributed by atoms with Crippen molar-refractivity contribution in [1.29, 1.82) is 0 Å². The summed E-state index contributed by atoms with van der Waals surface area (Å²) in [6.45, 7) is 5.96. The molecule has 1 amide bonds. The monoisotopic (exact) mass is 499 g/mol. The molecule has 186 valence electrons. The molecule has 5 nitrogen and oxygen atoms in total. The molecule has 4 aromatic rings. The number of hydrogen-bond acceptors (Lipinski definition) is 5. The third-order valence-corrected chi connectivity index (χ3v) is 7.82. The van der Waals surface area contributed by atoms with Gasteiger partial charge in [-0.1, -0.05) is 24.3 Å². The highest BCUT2D eigenvalue weighted by molar-refractivity contribution is 7.12. The average Bonchev–Trinajstić information content (AvgIpc) is 3.33. The molecule has 6 heteroatoms. The van der Waals surface area contributed by atoms with E-state index in [4.69, 9.17) is 4.74 Å². The van der Waals surface area contributed by atoms with Gasteiger partial charge in [-0.05, 0) is 85.3 Å². The van der Waals surface area contributed by atoms with Crippen LogP contribution in [0.1, 0.15) is 39.2 Å². The lowest BCUT2D eigenvalue weighted by molar-refractivity contribution is 0.0637. The fourth-order valence-corrected chi connectivity index (χ4v) is 5.86. The largest absolute Gasteiger partial charge is 0.493 e. The summed E-state index contributed by atoms with van der Waals surface area (Å²) in [5, 5.41) is 3.17. The Bertz CT molecular complexity index is 1330. The molecule has 1 aliphatic rings. The van der Waals surface area contributed by atoms with Gasteiger partial charge in [0, 0.05) is 43.7 Å². The number of fused-ring (bicyclic) bond motifs is 1. The SMILES string of the molecule is Cc1ccsc1C(=O)N1CCCC(COc2cccc(CN(C)Cc3ccc4ncccc4c3)c2)C1. The Balaban J connectivity index is 1.14. The first-order valence-electron chi connectivity index (χ1n) is 12.6. The highest BCUT2D eigenvalue weighted by Gasteiger charge is 2.26. The molecule has 3 heterocycles. The molecule has 36 heavy (non-hydrogen) atoms. The molecule has 2 aromatic carbocycles. The van der Waals surface area contributed by atoms with E-state index < -0.39 is 0 Å². The van der Waals surface area contributed by atoms with Gasteiger partial charge in [-0.3, -0.25) is 14.7 Å². The van der Waals surface area contributed by atoms with E-state index in [2.05, 4.69) is 59.4 Å². The lowest BCUT2D eigenvalue weighted by Crippen LogP contribution is -2.41. The maximum absolute atomic E-state index is 12.9. The van der Waals surface area contributed by atoms with Crippen molar-refractivity contribution in [3.8, 4) is 5.75 Å². The Morgan fingerprint density at radius 1 is 1.11 bits per heavy atom. The fourth-order valence-electron chi connectivity index (χ4n) is 4.97. The lowest BCUT2D eigenvalue weighted by Gasteiger charge is -2.32. The molecule has 1 saturated heterocycles. The van der Waals surface area contributed by atoms with Gasteiger partial charge in [0.15, 0.2) is 0 Å². The normalized spacial score (nSPS) is 16.0. The van der Waals surface area contributed by atoms with Crippen molar-refractivity contribution in [1.82, 2.24) is 14.8 Å². The topological polar surface area (TPSA) is 45.7 Å². The zero-order valence-corrected chi connectivity index (χ0v) is 21.8. The molecule has 0 radical (unpaired) electrons. The van der Waals surface area contributed by atoms with Crippen LogP contribution >= 0.6 is 11.3 Å². The summed E-state index contributed by atoms with van der Waals surface area (Å²) >= 11 is 1.54. The number of thiophene rings is 1. The number of piperidine rings is 1. The second kappa shape index (κ2) is 11.2. The van der Waals surface area contributed by atoms with Crippen LogP contribution in [0, 0.1) is 12.8 Å². The molecule has 0 bridgehead atoms. The minimum absolute atomic E-state index is 0.167. The van der Waals surface area contributed by atoms with Crippen LogP contribution < -0.4 is 4.74 Å². The molecule has 0 aliphatic carbocycles. The van der Waals surface area contributed by atoms with Gasteiger partial charge in [-0.25, -0.2) is 0 Å². The van der Waals surface area contributed by atoms with E-state index in [9.17, 15) is 4.79 Å². The summed E-state index contributed by atoms with van der Waals surface area (Å²) in [5.41, 5.74) is 4.61. The van der Waals surface area contributed by atoms with Crippen molar-refractivity contribution < 1.29 is 9.53 Å². The Hall–Kier alpha value is -3.22. The molecule has 1 fully saturated rings. The molecule has 0 saturated carbocycles. The number of aromatic nitrogens is 1. The zero-order valence-electron chi connectivity index (χ0n) is 21.0. The number of hydrogen-bond donors (Lipinski definition) is 0. The Morgan fingerprint density at radius 3 is 2.81 bits per heavy atom. The van der Waals surface area contributed by atoms with Gasteiger partial charge in [-0.2, -0.15) is 0 Å². The van der Waals surface area contributed by atoms with E-state index in [1.807, 2.05) is 41.6 Å². The molecule has 1 aliphatic heterocycles. The van der Waals surface area contributed by atoms with Crippen LogP contribution in [0.5, 0.6) is 5.75 Å². The summed E-state index contributed by atoms with van der Waals surface area (Å²) in [6, 6.07) is 21.0. The van der Waals surface area contributed by atoms with E-state index >= 15 is 0 Å². The quantitative estimate of drug-likeness (QED) is 0.291. The predicted molar refractivity (Wildman–Crippen MR) is 147 cm³/mol. The number of pyridine rings is 1. The van der Waals surface area contributed by atoms with Crippen molar-refractivity contribution in [2.45, 2.75) is 32.9 Å². The molecule has 1 atom stereocenters. The van der Waals surface area contributed by atoms with Crippen LogP contribution in [-0.4, -0.2) is 47.4 Å². The molecule has 0 N–H and O–H groups in total. The number of likely N-dealkylation sites (tertiary alicyclic amines) is 1. The maximum atomic E-state index is 12.9. The highest BCUT2D eigenvalue weighted by Crippen LogP contribution is 2.24. The third-order valence-electron chi connectivity index (χ3n) is 6.82. The number of benzene rings is 2. The second-order valence-corrected chi connectivity index (χ2v) is 10.8. The number of carbonyl (C=O) groups is 1. The first-order valence-corrected chi connectivity index (χ1v) is 13.5. The van der Waals surface area contributed by atoms with Crippen molar-refractivity contribution in [3.05, 3.63) is 93.8 Å². The second-order valence-electron chi connectivity index (χ2n) is 9.85. The summed E-state index contributed by atoms with van der Waals surface area (Å²) in [4.78, 5) is 22.5. The highest BCUT2D eigenvalue weighted by atomic mass is 32.1. The first kappa shape index (κ1) is 24.5. The summed E-state index contributed by atoms with van der Waals surface area (Å²) in [7, 11) is 2.14. The number of rotatable bonds is 8. The summed E-state index contributed by atoms with van der Waals surface area (Å²) in [5.74, 6) is 1.42. The Morgan fingerprint density at radius 2 is 1.97 bits per heavy atom. The Kier molecular flexibility index (Phi) is 7.63. The van der Waals surface area contributed by atoms with Gasteiger partial charge >= 0.3 is 0 Å². The predicted octanol–water partition coefficient (Wildman–Crippen LogP) is 6.17. The molecule has 5 rings (SSSR count). The van der Waals surface area contributed by atoms with Crippen molar-refractivity contribution >= 4 is 28.1 Å². The minimum Gasteiger partial charge on any atom is -0.493 e. The number of aryl methyl sites for hydroxylation is 1. The van der Waals surface area contributed by atoms with Gasteiger partial charge in [0.2, 0.25) is 0 Å². The van der Waals surface area contributed by atoms with Crippen molar-refractivity contribution in [3.63, 3.8) is 0 Å². The van der Waals surface area contributed by atoms with Crippen LogP contribution in [-0.2, 0) is 13.1 Å². The zero-order chi connectivity index (χ0) is 24.9. The number of nitrogens with zero attached hydrogens (tertiary/aromatic N) is 3. The summed E-state index contributed by atoms with van der Waals surface area (Å²) < 4.78 is 6.22. The van der Waals surface area contributed by atoms with Crippen LogP contribution in [0.4, 0.5) is 0 Å². The third kappa shape index (κ3) is 5.94. The van der Waals surface area contributed by atoms with E-state index in [1.165, 1.54) is 16.5 Å². The van der Waals surface area contributed by atoms with Gasteiger partial charge in [0.25, 0.3) is 5.91 Å². The maximum Gasteiger partial charge on any atom is 0.264 e. The van der Waals surface area contributed by atoms with Gasteiger partial charge in [0.05, 0.1) is 17.0 Å². The Labute approximate surface area is 217 Å². The van der Waals surface area contributed by atoms with Crippen molar-refractivity contribution in [2.75, 3.05) is 26.7 Å². The van der Waals surface area contributed by atoms with E-state index in [1.54, 1.807) is 11.3 Å². The minimum atomic E-state index is 0.167. The molecular weight excluding hydrogens is 466 g/mol. The number of carbonyl (C=O) groups excluding carboxylic acids is 1. The molecular formula is C30H33N3O2S. The van der Waals surface area contributed by atoms with E-state index in [-0.39, 0.29) is 5.91 Å². The van der Waals surface area contributed by atoms with Gasteiger partial charge in [0.1, 0.15) is 5.75 Å². The van der Waals surface area contributed by atoms with Gasteiger partial charge in [-0.15, -0.1) is 11.3 Å². The van der Waals surface area contributed by atoms with Crippen molar-refractivity contribution in [2.24, 2.45) is 5.92 Å². The number of amides is 1. The van der Waals surface area contributed by atoms with E-state index in [0.717, 1.165) is 60.7 Å². The van der Waals surface area contributed by atoms with Crippen LogP contribution in [0.25, 0.3) is 10.9 Å². The number of ether oxygens (including phenoxy) is 1. The lowest BCUT2D eigenvalue weighted by atomic mass is 9.98. The summed E-state index contributed by atoms with van der Waals surface area (Å²) in [6.07, 6.45) is 3.95. The average molecular weight is 500 g/mol. The standard InChI is InChI=1S/C30H33N3O2S/c1-22-12-15-36-29(22)30(34)33-14-5-7-25(20-33)21-35-27-9-3-6-23(17-27)18-32(2)19-24-10-11-28-26(16-24)8-4-13-31-28/h3-4,6,8-13,15-17,25H,5,7,14,18-21H2,1-2H3. The van der Waals surface area contributed by atoms with E-state index in [0.29, 0.717) is 12.5 Å². The van der Waals surface area contributed by atoms with Gasteiger partial charge < -0.3 is 9.64 Å². The fraction of sp³-hybridized carbons (Fsp3) is 0.333. The van der Waals surface area contributed by atoms with Crippen LogP contribution in [0.2, 0.25) is 0 Å². The first-order chi connectivity index (χ1) is 17.5.